The van der Waals surface area contributed by atoms with Crippen molar-refractivity contribution in [1.82, 2.24) is 4.90 Å². The zero-order valence-corrected chi connectivity index (χ0v) is 13.9. The lowest BCUT2D eigenvalue weighted by Crippen LogP contribution is -2.34. The lowest BCUT2D eigenvalue weighted by molar-refractivity contribution is -0.130. The molecule has 2 N–H and O–H groups in total. The quantitative estimate of drug-likeness (QED) is 0.799. The van der Waals surface area contributed by atoms with E-state index in [-0.39, 0.29) is 11.9 Å². The van der Waals surface area contributed by atoms with Crippen LogP contribution in [0.15, 0.2) is 24.3 Å². The maximum Gasteiger partial charge on any atom is 0.222 e. The fraction of sp³-hybridized carbons (Fsp3) is 0.611. The van der Waals surface area contributed by atoms with Crippen molar-refractivity contribution in [2.45, 2.75) is 52.5 Å². The maximum atomic E-state index is 12.1. The summed E-state index contributed by atoms with van der Waals surface area (Å²) in [5.41, 5.74) is 8.59. The van der Waals surface area contributed by atoms with Crippen molar-refractivity contribution in [3.8, 4) is 0 Å². The maximum absolute atomic E-state index is 12.1. The molecule has 0 aliphatic rings. The summed E-state index contributed by atoms with van der Waals surface area (Å²) in [4.78, 5) is 13.9. The lowest BCUT2D eigenvalue weighted by Gasteiger charge is -2.21. The molecule has 0 heterocycles. The molecule has 0 saturated carbocycles. The number of carbonyl (C=O) groups excluding carboxylic acids is 1. The molecule has 0 bridgehead atoms. The summed E-state index contributed by atoms with van der Waals surface area (Å²) in [5.74, 6) is 0.688. The van der Waals surface area contributed by atoms with Gasteiger partial charge in [0.05, 0.1) is 0 Å². The molecule has 1 aromatic rings. The van der Waals surface area contributed by atoms with Crippen LogP contribution in [0.5, 0.6) is 0 Å². The molecule has 0 saturated heterocycles. The van der Waals surface area contributed by atoms with E-state index in [0.29, 0.717) is 12.3 Å². The molecule has 0 aliphatic carbocycles. The number of nitrogens with zero attached hydrogens (tertiary/aromatic N) is 1. The Morgan fingerprint density at radius 2 is 1.86 bits per heavy atom. The molecule has 1 rings (SSSR count). The lowest BCUT2D eigenvalue weighted by atomic mass is 10.0. The highest BCUT2D eigenvalue weighted by molar-refractivity contribution is 5.75. The van der Waals surface area contributed by atoms with E-state index in [1.807, 2.05) is 11.9 Å². The van der Waals surface area contributed by atoms with Crippen LogP contribution in [-0.2, 0) is 11.2 Å². The molecule has 1 unspecified atom stereocenters. The second-order valence-corrected chi connectivity index (χ2v) is 6.35. The molecular formula is C18H30N2O. The number of hydrogen-bond donors (Lipinski definition) is 1. The molecule has 0 spiro atoms. The predicted molar refractivity (Wildman–Crippen MR) is 89.2 cm³/mol. The number of benzene rings is 1. The number of amides is 1. The van der Waals surface area contributed by atoms with Gasteiger partial charge in [-0.2, -0.15) is 0 Å². The van der Waals surface area contributed by atoms with Gasteiger partial charge in [0.15, 0.2) is 0 Å². The van der Waals surface area contributed by atoms with Gasteiger partial charge in [0.1, 0.15) is 0 Å². The van der Waals surface area contributed by atoms with E-state index >= 15 is 0 Å². The molecule has 3 nitrogen and oxygen atoms in total. The van der Waals surface area contributed by atoms with Crippen molar-refractivity contribution in [3.05, 3.63) is 35.4 Å². The second-order valence-electron chi connectivity index (χ2n) is 6.35. The molecule has 21 heavy (non-hydrogen) atoms. The fourth-order valence-corrected chi connectivity index (χ4v) is 2.19. The molecule has 0 radical (unpaired) electrons. The van der Waals surface area contributed by atoms with Crippen LogP contribution < -0.4 is 5.73 Å². The van der Waals surface area contributed by atoms with Gasteiger partial charge in [0.2, 0.25) is 5.91 Å². The largest absolute Gasteiger partial charge is 0.346 e. The Morgan fingerprint density at radius 1 is 1.24 bits per heavy atom. The fourth-order valence-electron chi connectivity index (χ4n) is 2.19. The van der Waals surface area contributed by atoms with Gasteiger partial charge in [-0.3, -0.25) is 4.79 Å². The topological polar surface area (TPSA) is 46.3 Å². The highest BCUT2D eigenvalue weighted by atomic mass is 16.2. The Bertz CT molecular complexity index is 425. The van der Waals surface area contributed by atoms with Crippen LogP contribution in [0.1, 0.15) is 44.2 Å². The third-order valence-corrected chi connectivity index (χ3v) is 4.06. The van der Waals surface area contributed by atoms with Gasteiger partial charge in [-0.1, -0.05) is 43.7 Å². The second kappa shape index (κ2) is 8.83. The Morgan fingerprint density at radius 3 is 2.43 bits per heavy atom. The summed E-state index contributed by atoms with van der Waals surface area (Å²) < 4.78 is 0. The van der Waals surface area contributed by atoms with Crippen molar-refractivity contribution in [2.24, 2.45) is 11.7 Å². The van der Waals surface area contributed by atoms with Crippen molar-refractivity contribution in [3.63, 3.8) is 0 Å². The first kappa shape index (κ1) is 17.7. The molecule has 0 aliphatic heterocycles. The molecule has 118 valence electrons. The highest BCUT2D eigenvalue weighted by Crippen LogP contribution is 2.09. The van der Waals surface area contributed by atoms with E-state index in [0.717, 1.165) is 25.8 Å². The van der Waals surface area contributed by atoms with Gasteiger partial charge >= 0.3 is 0 Å². The van der Waals surface area contributed by atoms with Crippen LogP contribution in [0, 0.1) is 12.8 Å². The van der Waals surface area contributed by atoms with Gasteiger partial charge in [-0.05, 0) is 37.7 Å². The van der Waals surface area contributed by atoms with E-state index in [9.17, 15) is 4.79 Å². The van der Waals surface area contributed by atoms with Gasteiger partial charge in [-0.15, -0.1) is 0 Å². The van der Waals surface area contributed by atoms with E-state index in [4.69, 9.17) is 5.73 Å². The minimum atomic E-state index is 0.174. The number of hydrogen-bond acceptors (Lipinski definition) is 2. The Labute approximate surface area is 129 Å². The van der Waals surface area contributed by atoms with Crippen LogP contribution in [0.4, 0.5) is 0 Å². The molecule has 1 aromatic carbocycles. The van der Waals surface area contributed by atoms with E-state index in [1.165, 1.54) is 11.1 Å². The molecular weight excluding hydrogens is 260 g/mol. The summed E-state index contributed by atoms with van der Waals surface area (Å²) in [6.07, 6.45) is 3.35. The molecule has 0 aromatic heterocycles. The predicted octanol–water partition coefficient (Wildman–Crippen LogP) is 3.15. The summed E-state index contributed by atoms with van der Waals surface area (Å²) in [5, 5.41) is 0. The number of carbonyl (C=O) groups is 1. The Balaban J connectivity index is 2.25. The van der Waals surface area contributed by atoms with Crippen LogP contribution in [0.3, 0.4) is 0 Å². The summed E-state index contributed by atoms with van der Waals surface area (Å²) in [6.45, 7) is 7.08. The monoisotopic (exact) mass is 290 g/mol. The smallest absolute Gasteiger partial charge is 0.222 e. The number of aryl methyl sites for hydroxylation is 2. The Kier molecular flexibility index (Phi) is 7.44. The molecule has 0 fully saturated rings. The first-order valence-electron chi connectivity index (χ1n) is 7.95. The number of nitrogens with two attached hydrogens (primary N) is 1. The average molecular weight is 290 g/mol. The van der Waals surface area contributed by atoms with E-state index in [1.54, 1.807) is 0 Å². The van der Waals surface area contributed by atoms with Crippen molar-refractivity contribution < 1.29 is 4.79 Å². The Hall–Kier alpha value is -1.35. The third kappa shape index (κ3) is 6.76. The van der Waals surface area contributed by atoms with Crippen LogP contribution in [0.2, 0.25) is 0 Å². The minimum absolute atomic E-state index is 0.174. The van der Waals surface area contributed by atoms with Gasteiger partial charge in [0.25, 0.3) is 0 Å². The summed E-state index contributed by atoms with van der Waals surface area (Å²) >= 11 is 0. The van der Waals surface area contributed by atoms with Gasteiger partial charge < -0.3 is 10.6 Å². The average Bonchev–Trinajstić information content (AvgIpc) is 2.46. The molecule has 3 heteroatoms. The first-order valence-corrected chi connectivity index (χ1v) is 7.95. The molecule has 1 amide bonds. The highest BCUT2D eigenvalue weighted by Gasteiger charge is 2.12. The zero-order valence-electron chi connectivity index (χ0n) is 13.9. The van der Waals surface area contributed by atoms with Crippen molar-refractivity contribution >= 4 is 5.91 Å². The normalized spacial score (nSPS) is 12.5. The first-order chi connectivity index (χ1) is 9.90. The van der Waals surface area contributed by atoms with Crippen LogP contribution in [-0.4, -0.2) is 30.4 Å². The summed E-state index contributed by atoms with van der Waals surface area (Å²) in [6, 6.07) is 8.71. The zero-order chi connectivity index (χ0) is 15.8. The van der Waals surface area contributed by atoms with Crippen LogP contribution >= 0.6 is 0 Å². The van der Waals surface area contributed by atoms with E-state index in [2.05, 4.69) is 45.0 Å². The van der Waals surface area contributed by atoms with Crippen LogP contribution in [0.25, 0.3) is 0 Å². The van der Waals surface area contributed by atoms with Crippen molar-refractivity contribution in [2.75, 3.05) is 13.6 Å². The van der Waals surface area contributed by atoms with Gasteiger partial charge in [-0.25, -0.2) is 0 Å². The summed E-state index contributed by atoms with van der Waals surface area (Å²) in [7, 11) is 1.88. The van der Waals surface area contributed by atoms with Crippen molar-refractivity contribution in [1.29, 1.82) is 0 Å². The van der Waals surface area contributed by atoms with Gasteiger partial charge in [0, 0.05) is 26.1 Å². The minimum Gasteiger partial charge on any atom is -0.346 e. The molecule has 1 atom stereocenters. The number of rotatable bonds is 8. The third-order valence-electron chi connectivity index (χ3n) is 4.06. The SMILES string of the molecule is Cc1ccc(CCCC(=O)N(C)CCC(N)C(C)C)cc1. The van der Waals surface area contributed by atoms with E-state index < -0.39 is 0 Å². The standard InChI is InChI=1S/C18H30N2O/c1-14(2)17(19)12-13-20(4)18(21)7-5-6-16-10-8-15(3)9-11-16/h8-11,14,17H,5-7,12-13,19H2,1-4H3.